The molecule has 2 aliphatic rings. The number of rotatable bonds is 5. The number of allylic oxidation sites excluding steroid dienone is 4. The number of hydrogen-bond donors (Lipinski definition) is 1. The third-order valence-corrected chi connectivity index (χ3v) is 13.0. The summed E-state index contributed by atoms with van der Waals surface area (Å²) in [4.78, 5) is 0. The van der Waals surface area contributed by atoms with Crippen molar-refractivity contribution in [1.29, 1.82) is 0 Å². The molecule has 2 heteroatoms. The minimum atomic E-state index is -0.328. The number of para-hydroxylation sites is 1. The fourth-order valence-electron chi connectivity index (χ4n) is 9.94. The molecule has 0 bridgehead atoms. The molecule has 0 saturated carbocycles. The normalized spacial score (nSPS) is 18.9. The van der Waals surface area contributed by atoms with E-state index < -0.39 is 0 Å². The van der Waals surface area contributed by atoms with Crippen LogP contribution in [0, 0.1) is 6.92 Å². The molecule has 0 spiro atoms. The first kappa shape index (κ1) is 37.0. The number of fused-ring (bicyclic) bond motifs is 6. The summed E-state index contributed by atoms with van der Waals surface area (Å²) in [6.07, 6.45) is 5.18. The largest absolute Gasteiger partial charge is 0.456 e. The van der Waals surface area contributed by atoms with E-state index in [0.29, 0.717) is 0 Å². The standard InChI is InChI=1S/C55H55NO/c1-34-18-14-16-22-43(34)55(10)33-37(29-46-51(55)50-44(53(5,6)7)30-38(52(2,3)4)31-45(50)54(46,8)9)41-28-36(35-19-12-11-13-20-35)24-26-47(41)56-39-25-27-49-42(32-39)40-21-15-17-23-48(40)57-49/h11-33,51,56H,1-10H3. The molecule has 9 rings (SSSR count). The van der Waals surface area contributed by atoms with E-state index in [1.165, 1.54) is 61.2 Å². The van der Waals surface area contributed by atoms with Crippen LogP contribution in [-0.4, -0.2) is 0 Å². The number of furan rings is 1. The Balaban J connectivity index is 1.30. The van der Waals surface area contributed by atoms with E-state index in [0.717, 1.165) is 33.3 Å². The third-order valence-electron chi connectivity index (χ3n) is 13.0. The highest BCUT2D eigenvalue weighted by molar-refractivity contribution is 6.06. The molecule has 7 aromatic rings. The van der Waals surface area contributed by atoms with E-state index in [2.05, 4.69) is 202 Å². The maximum Gasteiger partial charge on any atom is 0.135 e. The minimum Gasteiger partial charge on any atom is -0.456 e. The molecule has 0 aliphatic heterocycles. The second kappa shape index (κ2) is 13.0. The lowest BCUT2D eigenvalue weighted by molar-refractivity contribution is 0.474. The number of nitrogens with one attached hydrogen (secondary N) is 1. The average Bonchev–Trinajstić information content (AvgIpc) is 3.66. The van der Waals surface area contributed by atoms with Crippen LogP contribution >= 0.6 is 0 Å². The molecule has 2 nitrogen and oxygen atoms in total. The van der Waals surface area contributed by atoms with E-state index in [4.69, 9.17) is 4.42 Å². The van der Waals surface area contributed by atoms with Crippen molar-refractivity contribution in [3.63, 3.8) is 0 Å². The number of anilines is 2. The Bertz CT molecular complexity index is 2780. The number of hydrogen-bond acceptors (Lipinski definition) is 2. The van der Waals surface area contributed by atoms with E-state index >= 15 is 0 Å². The van der Waals surface area contributed by atoms with Crippen molar-refractivity contribution < 1.29 is 4.42 Å². The Hall–Kier alpha value is -5.60. The van der Waals surface area contributed by atoms with Gasteiger partial charge in [-0.05, 0) is 104 Å². The van der Waals surface area contributed by atoms with Crippen LogP contribution in [-0.2, 0) is 21.7 Å². The lowest BCUT2D eigenvalue weighted by Crippen LogP contribution is -2.34. The summed E-state index contributed by atoms with van der Waals surface area (Å²) in [6, 6.07) is 46.6. The molecule has 286 valence electrons. The van der Waals surface area contributed by atoms with Crippen molar-refractivity contribution >= 4 is 38.9 Å². The van der Waals surface area contributed by atoms with Crippen molar-refractivity contribution in [3.05, 3.63) is 184 Å². The Labute approximate surface area is 339 Å². The molecular weight excluding hydrogens is 691 g/mol. The molecule has 1 heterocycles. The van der Waals surface area contributed by atoms with Crippen molar-refractivity contribution in [1.82, 2.24) is 0 Å². The highest BCUT2D eigenvalue weighted by Gasteiger charge is 2.53. The van der Waals surface area contributed by atoms with Gasteiger partial charge in [-0.2, -0.15) is 0 Å². The lowest BCUT2D eigenvalue weighted by atomic mass is 9.60. The minimum absolute atomic E-state index is 0.0280. The predicted molar refractivity (Wildman–Crippen MR) is 243 cm³/mol. The van der Waals surface area contributed by atoms with Gasteiger partial charge in [0.05, 0.1) is 0 Å². The highest BCUT2D eigenvalue weighted by atomic mass is 16.3. The molecule has 2 atom stereocenters. The van der Waals surface area contributed by atoms with Gasteiger partial charge >= 0.3 is 0 Å². The topological polar surface area (TPSA) is 25.2 Å². The molecule has 0 amide bonds. The van der Waals surface area contributed by atoms with Crippen LogP contribution in [0.2, 0.25) is 0 Å². The SMILES string of the molecule is Cc1ccccc1C1(C)C=C(c2cc(-c3ccccc3)ccc2Nc2ccc3oc4ccccc4c3c2)C=C2C1c1c(C(C)(C)C)cc(C(C)(C)C)cc1C2(C)C. The van der Waals surface area contributed by atoms with Gasteiger partial charge in [-0.15, -0.1) is 0 Å². The second-order valence-electron chi connectivity index (χ2n) is 19.4. The van der Waals surface area contributed by atoms with Gasteiger partial charge in [0.25, 0.3) is 0 Å². The Kier molecular flexibility index (Phi) is 8.42. The summed E-state index contributed by atoms with van der Waals surface area (Å²) < 4.78 is 6.21. The maximum absolute atomic E-state index is 6.21. The first-order chi connectivity index (χ1) is 27.0. The smallest absolute Gasteiger partial charge is 0.135 e. The van der Waals surface area contributed by atoms with E-state index in [1.807, 2.05) is 12.1 Å². The summed E-state index contributed by atoms with van der Waals surface area (Å²) >= 11 is 0. The zero-order valence-electron chi connectivity index (χ0n) is 35.3. The molecule has 0 saturated heterocycles. The van der Waals surface area contributed by atoms with Crippen LogP contribution in [0.15, 0.2) is 150 Å². The summed E-state index contributed by atoms with van der Waals surface area (Å²) in [7, 11) is 0. The van der Waals surface area contributed by atoms with Gasteiger partial charge in [0, 0.05) is 44.5 Å². The van der Waals surface area contributed by atoms with Gasteiger partial charge < -0.3 is 9.73 Å². The van der Waals surface area contributed by atoms with Crippen molar-refractivity contribution in [2.75, 3.05) is 5.32 Å². The molecule has 57 heavy (non-hydrogen) atoms. The Morgan fingerprint density at radius 2 is 1.32 bits per heavy atom. The fourth-order valence-corrected chi connectivity index (χ4v) is 9.94. The maximum atomic E-state index is 6.21. The van der Waals surface area contributed by atoms with E-state index in [9.17, 15) is 0 Å². The number of aryl methyl sites for hydroxylation is 1. The summed E-state index contributed by atoms with van der Waals surface area (Å²) in [5, 5.41) is 6.15. The van der Waals surface area contributed by atoms with Crippen molar-refractivity contribution in [2.45, 2.75) is 96.8 Å². The lowest BCUT2D eigenvalue weighted by Gasteiger charge is -2.43. The average molecular weight is 746 g/mol. The van der Waals surface area contributed by atoms with Gasteiger partial charge in [-0.25, -0.2) is 0 Å². The quantitative estimate of drug-likeness (QED) is 0.190. The predicted octanol–water partition coefficient (Wildman–Crippen LogP) is 15.3. The first-order valence-electron chi connectivity index (χ1n) is 20.6. The Morgan fingerprint density at radius 3 is 2.05 bits per heavy atom. The van der Waals surface area contributed by atoms with E-state index in [1.54, 1.807) is 0 Å². The summed E-state index contributed by atoms with van der Waals surface area (Å²) in [6.45, 7) is 24.0. The van der Waals surface area contributed by atoms with Gasteiger partial charge in [-0.3, -0.25) is 0 Å². The van der Waals surface area contributed by atoms with Crippen LogP contribution < -0.4 is 5.32 Å². The second-order valence-corrected chi connectivity index (χ2v) is 19.4. The highest BCUT2D eigenvalue weighted by Crippen LogP contribution is 2.63. The van der Waals surface area contributed by atoms with Crippen molar-refractivity contribution in [2.24, 2.45) is 0 Å². The summed E-state index contributed by atoms with van der Waals surface area (Å²) in [5.74, 6) is 0.182. The molecule has 2 aliphatic carbocycles. The molecule has 6 aromatic carbocycles. The van der Waals surface area contributed by atoms with Gasteiger partial charge in [-0.1, -0.05) is 171 Å². The van der Waals surface area contributed by atoms with Crippen LogP contribution in [0.4, 0.5) is 11.4 Å². The van der Waals surface area contributed by atoms with Gasteiger partial charge in [0.2, 0.25) is 0 Å². The van der Waals surface area contributed by atoms with Crippen LogP contribution in [0.25, 0.3) is 38.6 Å². The monoisotopic (exact) mass is 745 g/mol. The van der Waals surface area contributed by atoms with Gasteiger partial charge in [0.1, 0.15) is 11.2 Å². The van der Waals surface area contributed by atoms with Crippen LogP contribution in [0.3, 0.4) is 0 Å². The van der Waals surface area contributed by atoms with Crippen molar-refractivity contribution in [3.8, 4) is 11.1 Å². The zero-order chi connectivity index (χ0) is 40.1. The first-order valence-corrected chi connectivity index (χ1v) is 20.6. The van der Waals surface area contributed by atoms with Crippen LogP contribution in [0.1, 0.15) is 107 Å². The Morgan fingerprint density at radius 1 is 0.614 bits per heavy atom. The molecule has 2 unspecified atom stereocenters. The van der Waals surface area contributed by atoms with E-state index in [-0.39, 0.29) is 27.6 Å². The molecule has 0 radical (unpaired) electrons. The fraction of sp³-hybridized carbons (Fsp3) is 0.273. The summed E-state index contributed by atoms with van der Waals surface area (Å²) in [5.41, 5.74) is 18.3. The molecule has 0 fully saturated rings. The zero-order valence-corrected chi connectivity index (χ0v) is 35.3. The third kappa shape index (κ3) is 6.08. The molecule has 1 aromatic heterocycles. The molecular formula is C55H55NO. The van der Waals surface area contributed by atoms with Crippen LogP contribution in [0.5, 0.6) is 0 Å². The number of benzene rings is 6. The molecule has 1 N–H and O–H groups in total. The van der Waals surface area contributed by atoms with Gasteiger partial charge in [0.15, 0.2) is 0 Å².